The molecule has 0 aliphatic carbocycles. The quantitative estimate of drug-likeness (QED) is 0.601. The van der Waals surface area contributed by atoms with Gasteiger partial charge >= 0.3 is 12.0 Å². The van der Waals surface area contributed by atoms with Crippen LogP contribution in [0.2, 0.25) is 0 Å². The molecule has 2 amide bonds. The maximum atomic E-state index is 11.7. The lowest BCUT2D eigenvalue weighted by Gasteiger charge is -2.26. The molecule has 0 saturated heterocycles. The Balaban J connectivity index is 2.25. The van der Waals surface area contributed by atoms with Crippen LogP contribution in [0.4, 0.5) is 4.79 Å². The number of nitrogens with zero attached hydrogens (tertiary/aromatic N) is 2. The number of urea groups is 1. The number of aromatic nitrogens is 2. The summed E-state index contributed by atoms with van der Waals surface area (Å²) in [5.41, 5.74) is -0.881. The molecular weight excluding hydrogens is 272 g/mol. The van der Waals surface area contributed by atoms with Crippen LogP contribution in [-0.4, -0.2) is 39.7 Å². The van der Waals surface area contributed by atoms with E-state index >= 15 is 0 Å². The molecule has 7 nitrogen and oxygen atoms in total. The molecule has 0 aliphatic rings. The summed E-state index contributed by atoms with van der Waals surface area (Å²) in [6.07, 6.45) is 7.06. The summed E-state index contributed by atoms with van der Waals surface area (Å²) in [6.45, 7) is 5.10. The van der Waals surface area contributed by atoms with E-state index in [-0.39, 0.29) is 12.6 Å². The lowest BCUT2D eigenvalue weighted by molar-refractivity contribution is -0.149. The highest BCUT2D eigenvalue weighted by Gasteiger charge is 2.35. The summed E-state index contributed by atoms with van der Waals surface area (Å²) >= 11 is 0. The van der Waals surface area contributed by atoms with Crippen molar-refractivity contribution in [1.82, 2.24) is 20.2 Å². The summed E-state index contributed by atoms with van der Waals surface area (Å²) in [7, 11) is 0. The first-order valence-corrected chi connectivity index (χ1v) is 7.25. The topological polar surface area (TPSA) is 96.3 Å². The van der Waals surface area contributed by atoms with Gasteiger partial charge in [0.1, 0.15) is 0 Å². The van der Waals surface area contributed by atoms with Crippen LogP contribution in [0.1, 0.15) is 33.1 Å². The number of imidazole rings is 1. The van der Waals surface area contributed by atoms with Crippen molar-refractivity contribution in [3.63, 3.8) is 0 Å². The fourth-order valence-electron chi connectivity index (χ4n) is 2.07. The summed E-state index contributed by atoms with van der Waals surface area (Å²) in [5.74, 6) is -0.868. The molecule has 0 unspecified atom stereocenters. The fourth-order valence-corrected chi connectivity index (χ4v) is 2.07. The highest BCUT2D eigenvalue weighted by molar-refractivity contribution is 5.78. The van der Waals surface area contributed by atoms with Crippen LogP contribution in [-0.2, 0) is 11.3 Å². The second-order valence-corrected chi connectivity index (χ2v) is 5.06. The zero-order valence-electron chi connectivity index (χ0n) is 12.6. The summed E-state index contributed by atoms with van der Waals surface area (Å²) in [6, 6.07) is -0.326. The van der Waals surface area contributed by atoms with Crippen molar-refractivity contribution in [1.29, 1.82) is 0 Å². The van der Waals surface area contributed by atoms with Crippen LogP contribution >= 0.6 is 0 Å². The van der Waals surface area contributed by atoms with Crippen LogP contribution in [0, 0.1) is 5.41 Å². The average molecular weight is 296 g/mol. The number of nitrogens with one attached hydrogen (secondary N) is 2. The Labute approximate surface area is 124 Å². The Morgan fingerprint density at radius 2 is 2.00 bits per heavy atom. The van der Waals surface area contributed by atoms with Crippen molar-refractivity contribution in [3.05, 3.63) is 18.7 Å². The molecule has 1 rings (SSSR count). The van der Waals surface area contributed by atoms with Gasteiger partial charge in [0.05, 0.1) is 11.7 Å². The van der Waals surface area contributed by atoms with E-state index in [1.54, 1.807) is 12.5 Å². The van der Waals surface area contributed by atoms with Crippen molar-refractivity contribution >= 4 is 12.0 Å². The molecule has 1 aromatic rings. The van der Waals surface area contributed by atoms with E-state index in [9.17, 15) is 14.7 Å². The Hall–Kier alpha value is -2.05. The maximum absolute atomic E-state index is 11.7. The van der Waals surface area contributed by atoms with Gasteiger partial charge in [0, 0.05) is 32.0 Å². The third-order valence-electron chi connectivity index (χ3n) is 3.83. The average Bonchev–Trinajstić information content (AvgIpc) is 2.98. The molecule has 0 bridgehead atoms. The summed E-state index contributed by atoms with van der Waals surface area (Å²) in [4.78, 5) is 26.9. The molecule has 118 valence electrons. The number of amides is 2. The Kier molecular flexibility index (Phi) is 6.71. The standard InChI is InChI=1S/C14H24N4O3/c1-3-14(4-2,12(19)20)10-17-13(21)16-6-5-8-18-9-7-15-11-18/h7,9,11H,3-6,8,10H2,1-2H3,(H,19,20)(H2,16,17,21). The molecule has 0 atom stereocenters. The minimum Gasteiger partial charge on any atom is -0.481 e. The third-order valence-corrected chi connectivity index (χ3v) is 3.83. The number of carboxylic acids is 1. The van der Waals surface area contributed by atoms with Gasteiger partial charge in [-0.1, -0.05) is 13.8 Å². The lowest BCUT2D eigenvalue weighted by atomic mass is 9.82. The number of aryl methyl sites for hydroxylation is 1. The number of carbonyl (C=O) groups excluding carboxylic acids is 1. The van der Waals surface area contributed by atoms with Crippen molar-refractivity contribution in [2.45, 2.75) is 39.7 Å². The fraction of sp³-hybridized carbons (Fsp3) is 0.643. The van der Waals surface area contributed by atoms with E-state index in [1.165, 1.54) is 0 Å². The van der Waals surface area contributed by atoms with Gasteiger partial charge in [0.15, 0.2) is 0 Å². The van der Waals surface area contributed by atoms with Gasteiger partial charge in [0.25, 0.3) is 0 Å². The molecule has 1 heterocycles. The van der Waals surface area contributed by atoms with Crippen LogP contribution in [0.25, 0.3) is 0 Å². The monoisotopic (exact) mass is 296 g/mol. The molecular formula is C14H24N4O3. The maximum Gasteiger partial charge on any atom is 0.314 e. The molecule has 0 fully saturated rings. The molecule has 3 N–H and O–H groups in total. The van der Waals surface area contributed by atoms with E-state index in [0.29, 0.717) is 19.4 Å². The van der Waals surface area contributed by atoms with Crippen molar-refractivity contribution in [3.8, 4) is 0 Å². The first-order valence-electron chi connectivity index (χ1n) is 7.25. The molecule has 0 aliphatic heterocycles. The minimum atomic E-state index is -0.881. The Morgan fingerprint density at radius 1 is 1.29 bits per heavy atom. The molecule has 0 radical (unpaired) electrons. The van der Waals surface area contributed by atoms with Crippen LogP contribution in [0.15, 0.2) is 18.7 Å². The van der Waals surface area contributed by atoms with E-state index in [1.807, 2.05) is 24.6 Å². The Bertz CT molecular complexity index is 441. The first-order chi connectivity index (χ1) is 10.0. The minimum absolute atomic E-state index is 0.142. The first kappa shape index (κ1) is 17.0. The van der Waals surface area contributed by atoms with Crippen LogP contribution in [0.3, 0.4) is 0 Å². The number of carboxylic acid groups (broad SMARTS) is 1. The SMILES string of the molecule is CCC(CC)(CNC(=O)NCCCn1ccnc1)C(=O)O. The van der Waals surface area contributed by atoms with E-state index in [0.717, 1.165) is 13.0 Å². The molecule has 7 heteroatoms. The van der Waals surface area contributed by atoms with Gasteiger partial charge in [-0.25, -0.2) is 9.78 Å². The number of rotatable bonds is 9. The predicted octanol–water partition coefficient (Wildman–Crippen LogP) is 1.46. The van der Waals surface area contributed by atoms with Gasteiger partial charge in [-0.2, -0.15) is 0 Å². The summed E-state index contributed by atoms with van der Waals surface area (Å²) in [5, 5.41) is 14.7. The van der Waals surface area contributed by atoms with Crippen molar-refractivity contribution in [2.24, 2.45) is 5.41 Å². The van der Waals surface area contributed by atoms with Gasteiger partial charge in [-0.15, -0.1) is 0 Å². The Morgan fingerprint density at radius 3 is 2.52 bits per heavy atom. The number of hydrogen-bond donors (Lipinski definition) is 3. The largest absolute Gasteiger partial charge is 0.481 e. The lowest BCUT2D eigenvalue weighted by Crippen LogP contribution is -2.46. The number of carbonyl (C=O) groups is 2. The molecule has 0 saturated carbocycles. The molecule has 1 aromatic heterocycles. The van der Waals surface area contributed by atoms with Gasteiger partial charge in [-0.05, 0) is 19.3 Å². The van der Waals surface area contributed by atoms with E-state index in [2.05, 4.69) is 15.6 Å². The van der Waals surface area contributed by atoms with Crippen LogP contribution in [0.5, 0.6) is 0 Å². The zero-order chi connectivity index (χ0) is 15.7. The predicted molar refractivity (Wildman–Crippen MR) is 78.9 cm³/mol. The third kappa shape index (κ3) is 5.09. The normalized spacial score (nSPS) is 11.1. The summed E-state index contributed by atoms with van der Waals surface area (Å²) < 4.78 is 1.93. The second-order valence-electron chi connectivity index (χ2n) is 5.06. The van der Waals surface area contributed by atoms with Gasteiger partial charge in [-0.3, -0.25) is 4.79 Å². The van der Waals surface area contributed by atoms with Crippen LogP contribution < -0.4 is 10.6 Å². The van der Waals surface area contributed by atoms with Gasteiger partial charge < -0.3 is 20.3 Å². The highest BCUT2D eigenvalue weighted by Crippen LogP contribution is 2.25. The number of aliphatic carboxylic acids is 1. The molecule has 0 aromatic carbocycles. The molecule has 0 spiro atoms. The van der Waals surface area contributed by atoms with Crippen molar-refractivity contribution < 1.29 is 14.7 Å². The molecule has 21 heavy (non-hydrogen) atoms. The zero-order valence-corrected chi connectivity index (χ0v) is 12.6. The van der Waals surface area contributed by atoms with E-state index in [4.69, 9.17) is 0 Å². The second kappa shape index (κ2) is 8.28. The smallest absolute Gasteiger partial charge is 0.314 e. The van der Waals surface area contributed by atoms with Gasteiger partial charge in [0.2, 0.25) is 0 Å². The number of hydrogen-bond acceptors (Lipinski definition) is 3. The van der Waals surface area contributed by atoms with Crippen molar-refractivity contribution in [2.75, 3.05) is 13.1 Å². The van der Waals surface area contributed by atoms with E-state index < -0.39 is 11.4 Å². The highest BCUT2D eigenvalue weighted by atomic mass is 16.4.